The molecule has 0 saturated carbocycles. The van der Waals surface area contributed by atoms with Gasteiger partial charge in [0.15, 0.2) is 0 Å². The maximum atomic E-state index is 14.5. The van der Waals surface area contributed by atoms with Gasteiger partial charge in [-0.2, -0.15) is 0 Å². The van der Waals surface area contributed by atoms with Crippen molar-refractivity contribution in [2.45, 2.75) is 168 Å². The van der Waals surface area contributed by atoms with E-state index in [4.69, 9.17) is 31.8 Å². The first kappa shape index (κ1) is 54.8. The van der Waals surface area contributed by atoms with E-state index >= 15 is 0 Å². The van der Waals surface area contributed by atoms with Crippen LogP contribution in [0, 0.1) is 24.7 Å². The van der Waals surface area contributed by atoms with Gasteiger partial charge in [-0.1, -0.05) is 228 Å². The number of hydrogen-bond acceptors (Lipinski definition) is 6. The van der Waals surface area contributed by atoms with Crippen LogP contribution in [-0.4, -0.2) is 25.2 Å². The topological polar surface area (TPSA) is 71.1 Å². The van der Waals surface area contributed by atoms with Crippen molar-refractivity contribution in [3.8, 4) is 58.8 Å². The summed E-state index contributed by atoms with van der Waals surface area (Å²) >= 11 is 0. The molecule has 0 N–H and O–H groups in total. The van der Waals surface area contributed by atoms with E-state index in [2.05, 4.69) is 25.7 Å². The molecular formula is C66H78O6. The van der Waals surface area contributed by atoms with E-state index in [0.717, 1.165) is 60.1 Å². The van der Waals surface area contributed by atoms with Crippen LogP contribution in [0.4, 0.5) is 0 Å². The van der Waals surface area contributed by atoms with E-state index in [1.807, 2.05) is 60.7 Å². The molecule has 0 atom stereocenters. The molecule has 0 fully saturated rings. The Hall–Kier alpha value is -6.50. The molecule has 0 aliphatic carbocycles. The van der Waals surface area contributed by atoms with E-state index in [0.29, 0.717) is 47.0 Å². The van der Waals surface area contributed by atoms with Gasteiger partial charge in [0.05, 0.1) is 13.2 Å². The third-order valence-electron chi connectivity index (χ3n) is 13.7. The lowest BCUT2D eigenvalue weighted by Crippen LogP contribution is -2.14. The van der Waals surface area contributed by atoms with Crippen LogP contribution >= 0.6 is 0 Å². The number of rotatable bonds is 33. The summed E-state index contributed by atoms with van der Waals surface area (Å²) in [5, 5.41) is 3.43. The summed E-state index contributed by atoms with van der Waals surface area (Å²) in [6.45, 7) is 5.46. The number of carbonyl (C=O) groups excluding carboxylic acids is 2. The van der Waals surface area contributed by atoms with Gasteiger partial charge < -0.3 is 18.9 Å². The normalized spacial score (nSPS) is 11.1. The maximum absolute atomic E-state index is 14.5. The molecule has 0 spiro atoms. The Morgan fingerprint density at radius 2 is 0.708 bits per heavy atom. The first-order chi connectivity index (χ1) is 35.4. The van der Waals surface area contributed by atoms with Crippen LogP contribution in [0.2, 0.25) is 0 Å². The molecule has 378 valence electrons. The van der Waals surface area contributed by atoms with Gasteiger partial charge in [0.2, 0.25) is 0 Å². The van der Waals surface area contributed by atoms with Gasteiger partial charge in [0, 0.05) is 22.3 Å². The van der Waals surface area contributed by atoms with Crippen molar-refractivity contribution in [2.75, 3.05) is 13.2 Å². The fourth-order valence-electron chi connectivity index (χ4n) is 9.56. The molecule has 0 radical (unpaired) electrons. The molecule has 6 rings (SSSR count). The van der Waals surface area contributed by atoms with Crippen LogP contribution in [-0.2, 0) is 0 Å². The third-order valence-corrected chi connectivity index (χ3v) is 13.7. The largest absolute Gasteiger partial charge is 0.493 e. The lowest BCUT2D eigenvalue weighted by atomic mass is 9.92. The highest BCUT2D eigenvalue weighted by Gasteiger charge is 2.25. The van der Waals surface area contributed by atoms with Crippen molar-refractivity contribution in [1.29, 1.82) is 0 Å². The summed E-state index contributed by atoms with van der Waals surface area (Å²) < 4.78 is 25.4. The standard InChI is InChI=1S/C66H78O6/c1-5-9-11-13-15-17-19-21-23-25-27-33-47-69-59-43-39-51(7-3)49-57(59)65(67)71-61-45-41-53-35-29-31-37-55(53)63(61)64-56-38-32-30-36-54(56)42-46-62(64)72-66(68)58-50-52(8-4)40-44-60(58)70-48-34-28-26-24-22-20-18-16-14-12-10-6-2/h3-4,29-32,35-46,49-50H,5-6,9-28,33-34,47-48H2,1-2H3. The first-order valence-corrected chi connectivity index (χ1v) is 27.4. The number of benzene rings is 6. The van der Waals surface area contributed by atoms with Gasteiger partial charge in [-0.05, 0) is 82.9 Å². The Kier molecular flexibility index (Phi) is 23.7. The average molecular weight is 967 g/mol. The van der Waals surface area contributed by atoms with Crippen molar-refractivity contribution in [3.63, 3.8) is 0 Å². The molecule has 72 heavy (non-hydrogen) atoms. The maximum Gasteiger partial charge on any atom is 0.347 e. The number of unbranched alkanes of at least 4 members (excludes halogenated alkanes) is 22. The molecule has 0 unspecified atom stereocenters. The number of fused-ring (bicyclic) bond motifs is 2. The Labute approximate surface area is 431 Å². The number of esters is 2. The molecule has 6 aromatic rings. The Balaban J connectivity index is 1.18. The predicted octanol–water partition coefficient (Wildman–Crippen LogP) is 18.2. The highest BCUT2D eigenvalue weighted by molar-refractivity contribution is 6.11. The van der Waals surface area contributed by atoms with Crippen LogP contribution < -0.4 is 18.9 Å². The van der Waals surface area contributed by atoms with Crippen LogP contribution in [0.15, 0.2) is 109 Å². The molecule has 0 amide bonds. The minimum atomic E-state index is -0.617. The fourth-order valence-corrected chi connectivity index (χ4v) is 9.56. The van der Waals surface area contributed by atoms with Crippen molar-refractivity contribution < 1.29 is 28.5 Å². The Morgan fingerprint density at radius 1 is 0.389 bits per heavy atom. The van der Waals surface area contributed by atoms with Gasteiger partial charge >= 0.3 is 11.9 Å². The number of carbonyl (C=O) groups is 2. The lowest BCUT2D eigenvalue weighted by molar-refractivity contribution is 0.0718. The highest BCUT2D eigenvalue weighted by atomic mass is 16.5. The van der Waals surface area contributed by atoms with Crippen molar-refractivity contribution >= 4 is 33.5 Å². The van der Waals surface area contributed by atoms with Crippen molar-refractivity contribution in [3.05, 3.63) is 131 Å². The first-order valence-electron chi connectivity index (χ1n) is 27.4. The average Bonchev–Trinajstić information content (AvgIpc) is 3.41. The van der Waals surface area contributed by atoms with E-state index in [1.165, 1.54) is 116 Å². The summed E-state index contributed by atoms with van der Waals surface area (Å²) in [6, 6.07) is 33.6. The van der Waals surface area contributed by atoms with Gasteiger partial charge in [-0.25, -0.2) is 9.59 Å². The zero-order valence-corrected chi connectivity index (χ0v) is 43.4. The van der Waals surface area contributed by atoms with E-state index < -0.39 is 11.9 Å². The zero-order chi connectivity index (χ0) is 50.6. The van der Waals surface area contributed by atoms with E-state index in [1.54, 1.807) is 48.5 Å². The molecule has 0 saturated heterocycles. The minimum Gasteiger partial charge on any atom is -0.493 e. The minimum absolute atomic E-state index is 0.234. The van der Waals surface area contributed by atoms with Crippen LogP contribution in [0.3, 0.4) is 0 Å². The Bertz CT molecular complexity index is 2530. The molecule has 0 aromatic heterocycles. The van der Waals surface area contributed by atoms with Gasteiger partial charge in [-0.15, -0.1) is 12.8 Å². The number of hydrogen-bond donors (Lipinski definition) is 0. The Morgan fingerprint density at radius 3 is 1.06 bits per heavy atom. The zero-order valence-electron chi connectivity index (χ0n) is 43.4. The second-order valence-electron chi connectivity index (χ2n) is 19.3. The SMILES string of the molecule is C#Cc1ccc(OCCCCCCCCCCCCCC)c(C(=O)Oc2ccc3ccccc3c2-c2c(OC(=O)c3cc(C#C)ccc3OCCCCCCCCCCCCCC)ccc3ccccc23)c1. The van der Waals surface area contributed by atoms with Gasteiger partial charge in [0.1, 0.15) is 34.1 Å². The predicted molar refractivity (Wildman–Crippen MR) is 299 cm³/mol. The molecule has 0 aliphatic heterocycles. The van der Waals surface area contributed by atoms with Crippen molar-refractivity contribution in [2.24, 2.45) is 0 Å². The lowest BCUT2D eigenvalue weighted by Gasteiger charge is -2.19. The molecule has 6 heteroatoms. The van der Waals surface area contributed by atoms with Gasteiger partial charge in [0.25, 0.3) is 0 Å². The molecule has 0 aliphatic rings. The quantitative estimate of drug-likeness (QED) is 0.0177. The molecular weight excluding hydrogens is 889 g/mol. The van der Waals surface area contributed by atoms with E-state index in [9.17, 15) is 9.59 Å². The fraction of sp³-hybridized carbons (Fsp3) is 0.424. The van der Waals surface area contributed by atoms with E-state index in [-0.39, 0.29) is 22.6 Å². The second-order valence-corrected chi connectivity index (χ2v) is 19.3. The highest BCUT2D eigenvalue weighted by Crippen LogP contribution is 2.46. The molecule has 0 bridgehead atoms. The summed E-state index contributed by atoms with van der Waals surface area (Å²) in [5.41, 5.74) is 2.72. The smallest absolute Gasteiger partial charge is 0.347 e. The number of ether oxygens (including phenoxy) is 4. The molecule has 0 heterocycles. The van der Waals surface area contributed by atoms with Crippen LogP contribution in [0.1, 0.15) is 200 Å². The summed E-state index contributed by atoms with van der Waals surface area (Å²) in [6.07, 6.45) is 41.5. The van der Waals surface area contributed by atoms with Gasteiger partial charge in [-0.3, -0.25) is 0 Å². The summed E-state index contributed by atoms with van der Waals surface area (Å²) in [5.74, 6) is 5.48. The van der Waals surface area contributed by atoms with Crippen molar-refractivity contribution in [1.82, 2.24) is 0 Å². The second kappa shape index (κ2) is 31.1. The third kappa shape index (κ3) is 16.8. The summed E-state index contributed by atoms with van der Waals surface area (Å²) in [7, 11) is 0. The molecule has 6 aromatic carbocycles. The van der Waals surface area contributed by atoms with Crippen LogP contribution in [0.25, 0.3) is 32.7 Å². The monoisotopic (exact) mass is 967 g/mol. The summed E-state index contributed by atoms with van der Waals surface area (Å²) in [4.78, 5) is 29.0. The number of terminal acetylenes is 2. The molecule has 6 nitrogen and oxygen atoms in total. The van der Waals surface area contributed by atoms with Crippen LogP contribution in [0.5, 0.6) is 23.0 Å².